The van der Waals surface area contributed by atoms with Crippen molar-refractivity contribution in [2.45, 2.75) is 26.3 Å². The lowest BCUT2D eigenvalue weighted by Gasteiger charge is -2.14. The van der Waals surface area contributed by atoms with Gasteiger partial charge in [-0.3, -0.25) is 9.59 Å². The molecule has 110 valence electrons. The number of ether oxygens (including phenoxy) is 1. The second-order valence-corrected chi connectivity index (χ2v) is 5.00. The fourth-order valence-corrected chi connectivity index (χ4v) is 1.64. The van der Waals surface area contributed by atoms with Crippen molar-refractivity contribution < 1.29 is 14.3 Å². The molecule has 0 bridgehead atoms. The molecule has 5 N–H and O–H groups in total. The average molecular weight is 279 g/mol. The maximum atomic E-state index is 11.8. The van der Waals surface area contributed by atoms with Gasteiger partial charge in [-0.2, -0.15) is 0 Å². The van der Waals surface area contributed by atoms with Gasteiger partial charge >= 0.3 is 0 Å². The molecule has 0 aliphatic heterocycles. The molecule has 0 aliphatic rings. The Kier molecular flexibility index (Phi) is 5.99. The number of nitrogens with one attached hydrogen (secondary N) is 1. The van der Waals surface area contributed by atoms with Gasteiger partial charge in [-0.05, 0) is 36.6 Å². The van der Waals surface area contributed by atoms with Crippen LogP contribution in [0, 0.1) is 5.92 Å². The van der Waals surface area contributed by atoms with Crippen molar-refractivity contribution in [3.8, 4) is 5.75 Å². The number of hydrogen-bond acceptors (Lipinski definition) is 4. The number of carbonyl (C=O) groups is 2. The van der Waals surface area contributed by atoms with Crippen LogP contribution in [0.2, 0.25) is 0 Å². The molecule has 1 aromatic carbocycles. The van der Waals surface area contributed by atoms with Crippen LogP contribution >= 0.6 is 0 Å². The molecule has 1 aromatic rings. The van der Waals surface area contributed by atoms with Gasteiger partial charge in [0.1, 0.15) is 5.75 Å². The number of rotatable bonds is 7. The van der Waals surface area contributed by atoms with Gasteiger partial charge in [0.15, 0.2) is 6.61 Å². The van der Waals surface area contributed by atoms with Gasteiger partial charge in [0, 0.05) is 5.69 Å². The Hall–Kier alpha value is -2.08. The van der Waals surface area contributed by atoms with Crippen molar-refractivity contribution in [3.63, 3.8) is 0 Å². The molecule has 0 fully saturated rings. The highest BCUT2D eigenvalue weighted by atomic mass is 16.5. The molecule has 2 amide bonds. The molecule has 1 atom stereocenters. The van der Waals surface area contributed by atoms with E-state index in [0.717, 1.165) is 0 Å². The van der Waals surface area contributed by atoms with Crippen molar-refractivity contribution in [2.75, 3.05) is 11.9 Å². The summed E-state index contributed by atoms with van der Waals surface area (Å²) in [6, 6.07) is 6.12. The monoisotopic (exact) mass is 279 g/mol. The van der Waals surface area contributed by atoms with E-state index in [1.807, 2.05) is 13.8 Å². The van der Waals surface area contributed by atoms with Gasteiger partial charge in [-0.1, -0.05) is 13.8 Å². The van der Waals surface area contributed by atoms with Crippen molar-refractivity contribution >= 4 is 17.5 Å². The van der Waals surface area contributed by atoms with Crippen LogP contribution in [0.25, 0.3) is 0 Å². The molecular weight excluding hydrogens is 258 g/mol. The summed E-state index contributed by atoms with van der Waals surface area (Å²) in [7, 11) is 0. The van der Waals surface area contributed by atoms with Crippen molar-refractivity contribution in [1.29, 1.82) is 0 Å². The Morgan fingerprint density at radius 2 is 1.85 bits per heavy atom. The molecule has 0 radical (unpaired) electrons. The van der Waals surface area contributed by atoms with E-state index in [1.165, 1.54) is 0 Å². The molecule has 1 rings (SSSR count). The summed E-state index contributed by atoms with van der Waals surface area (Å²) in [5, 5.41) is 2.73. The molecular formula is C14H21N3O3. The van der Waals surface area contributed by atoms with E-state index in [9.17, 15) is 9.59 Å². The number of carbonyl (C=O) groups excluding carboxylic acids is 2. The fourth-order valence-electron chi connectivity index (χ4n) is 1.64. The van der Waals surface area contributed by atoms with Crippen LogP contribution in [0.15, 0.2) is 24.3 Å². The zero-order valence-corrected chi connectivity index (χ0v) is 11.8. The van der Waals surface area contributed by atoms with Crippen LogP contribution in [0.1, 0.15) is 20.3 Å². The van der Waals surface area contributed by atoms with E-state index in [1.54, 1.807) is 24.3 Å². The maximum absolute atomic E-state index is 11.8. The third-order valence-electron chi connectivity index (χ3n) is 2.57. The molecule has 6 nitrogen and oxygen atoms in total. The Labute approximate surface area is 118 Å². The van der Waals surface area contributed by atoms with Crippen LogP contribution in [0.4, 0.5) is 5.69 Å². The SMILES string of the molecule is CC(C)C[C@H](N)C(=O)Nc1ccc(OCC(N)=O)cc1. The summed E-state index contributed by atoms with van der Waals surface area (Å²) in [4.78, 5) is 22.4. The predicted octanol–water partition coefficient (Wildman–Crippen LogP) is 0.863. The minimum atomic E-state index is -0.540. The van der Waals surface area contributed by atoms with Crippen LogP contribution in [-0.4, -0.2) is 24.5 Å². The van der Waals surface area contributed by atoms with E-state index < -0.39 is 11.9 Å². The second-order valence-electron chi connectivity index (χ2n) is 5.00. The molecule has 0 saturated heterocycles. The minimum absolute atomic E-state index is 0.176. The molecule has 0 unspecified atom stereocenters. The summed E-state index contributed by atoms with van der Waals surface area (Å²) in [5.41, 5.74) is 11.4. The number of primary amides is 1. The smallest absolute Gasteiger partial charge is 0.255 e. The first-order valence-corrected chi connectivity index (χ1v) is 6.46. The molecule has 0 spiro atoms. The van der Waals surface area contributed by atoms with Crippen LogP contribution < -0.4 is 21.5 Å². The topological polar surface area (TPSA) is 107 Å². The minimum Gasteiger partial charge on any atom is -0.484 e. The third kappa shape index (κ3) is 5.71. The lowest BCUT2D eigenvalue weighted by Crippen LogP contribution is -2.36. The summed E-state index contributed by atoms with van der Waals surface area (Å²) in [6.07, 6.45) is 0.631. The van der Waals surface area contributed by atoms with Crippen LogP contribution in [-0.2, 0) is 9.59 Å². The van der Waals surface area contributed by atoms with Gasteiger partial charge in [0.2, 0.25) is 5.91 Å². The number of benzene rings is 1. The maximum Gasteiger partial charge on any atom is 0.255 e. The van der Waals surface area contributed by atoms with Crippen molar-refractivity contribution in [1.82, 2.24) is 0 Å². The standard InChI is InChI=1S/C14H21N3O3/c1-9(2)7-12(15)14(19)17-10-3-5-11(6-4-10)20-8-13(16)18/h3-6,9,12H,7-8,15H2,1-2H3,(H2,16,18)(H,17,19)/t12-/m0/s1. The molecule has 0 saturated carbocycles. The summed E-state index contributed by atoms with van der Waals surface area (Å²) in [6.45, 7) is 3.85. The second kappa shape index (κ2) is 7.49. The first kappa shape index (κ1) is 16.0. The third-order valence-corrected chi connectivity index (χ3v) is 2.57. The van der Waals surface area contributed by atoms with E-state index in [2.05, 4.69) is 5.32 Å². The Bertz CT molecular complexity index is 457. The van der Waals surface area contributed by atoms with Gasteiger partial charge in [0.25, 0.3) is 5.91 Å². The number of anilines is 1. The van der Waals surface area contributed by atoms with Crippen molar-refractivity contribution in [2.24, 2.45) is 17.4 Å². The quantitative estimate of drug-likeness (QED) is 0.688. The molecule has 6 heteroatoms. The number of amides is 2. The van der Waals surface area contributed by atoms with Gasteiger partial charge in [0.05, 0.1) is 6.04 Å². The first-order chi connectivity index (χ1) is 9.38. The summed E-state index contributed by atoms with van der Waals surface area (Å²) >= 11 is 0. The molecule has 0 aromatic heterocycles. The first-order valence-electron chi connectivity index (χ1n) is 6.46. The average Bonchev–Trinajstić information content (AvgIpc) is 2.37. The molecule has 20 heavy (non-hydrogen) atoms. The normalized spacial score (nSPS) is 12.0. The fraction of sp³-hybridized carbons (Fsp3) is 0.429. The Balaban J connectivity index is 2.52. The highest BCUT2D eigenvalue weighted by Crippen LogP contribution is 2.16. The Morgan fingerprint density at radius 1 is 1.25 bits per heavy atom. The van der Waals surface area contributed by atoms with Gasteiger partial charge in [-0.15, -0.1) is 0 Å². The van der Waals surface area contributed by atoms with E-state index in [4.69, 9.17) is 16.2 Å². The van der Waals surface area contributed by atoms with Crippen molar-refractivity contribution in [3.05, 3.63) is 24.3 Å². The molecule has 0 aliphatic carbocycles. The number of hydrogen-bond donors (Lipinski definition) is 3. The van der Waals surface area contributed by atoms with E-state index in [0.29, 0.717) is 23.8 Å². The lowest BCUT2D eigenvalue weighted by molar-refractivity contribution is -0.120. The summed E-state index contributed by atoms with van der Waals surface area (Å²) < 4.78 is 5.12. The van der Waals surface area contributed by atoms with E-state index >= 15 is 0 Å². The zero-order valence-electron chi connectivity index (χ0n) is 11.8. The lowest BCUT2D eigenvalue weighted by atomic mass is 10.0. The largest absolute Gasteiger partial charge is 0.484 e. The van der Waals surface area contributed by atoms with Crippen LogP contribution in [0.5, 0.6) is 5.75 Å². The Morgan fingerprint density at radius 3 is 2.35 bits per heavy atom. The molecule has 0 heterocycles. The highest BCUT2D eigenvalue weighted by molar-refractivity contribution is 5.94. The van der Waals surface area contributed by atoms with Crippen LogP contribution in [0.3, 0.4) is 0 Å². The summed E-state index contributed by atoms with van der Waals surface area (Å²) in [5.74, 6) is 0.111. The zero-order chi connectivity index (χ0) is 15.1. The van der Waals surface area contributed by atoms with E-state index in [-0.39, 0.29) is 12.5 Å². The van der Waals surface area contributed by atoms with Gasteiger partial charge in [-0.25, -0.2) is 0 Å². The van der Waals surface area contributed by atoms with Gasteiger partial charge < -0.3 is 21.5 Å². The predicted molar refractivity (Wildman–Crippen MR) is 77.2 cm³/mol. The highest BCUT2D eigenvalue weighted by Gasteiger charge is 2.14. The number of nitrogens with two attached hydrogens (primary N) is 2.